The van der Waals surface area contributed by atoms with Crippen molar-refractivity contribution >= 4 is 58.6 Å². The summed E-state index contributed by atoms with van der Waals surface area (Å²) in [5.74, 6) is -2.63. The van der Waals surface area contributed by atoms with Gasteiger partial charge in [0, 0.05) is 16.8 Å². The highest BCUT2D eigenvalue weighted by molar-refractivity contribution is 6.46. The summed E-state index contributed by atoms with van der Waals surface area (Å²) in [4.78, 5) is 71.5. The van der Waals surface area contributed by atoms with Crippen molar-refractivity contribution in [1.82, 2.24) is 26.3 Å². The third-order valence-electron chi connectivity index (χ3n) is 3.61. The van der Waals surface area contributed by atoms with Crippen LogP contribution < -0.4 is 32.0 Å². The maximum atomic E-state index is 12.1. The van der Waals surface area contributed by atoms with E-state index in [4.69, 9.17) is 0 Å². The summed E-state index contributed by atoms with van der Waals surface area (Å²) in [6.07, 6.45) is 1.14. The second kappa shape index (κ2) is 6.92. The topological polar surface area (TPSA) is 166 Å². The largest absolute Gasteiger partial charge is 0.354 e. The van der Waals surface area contributed by atoms with Crippen LogP contribution in [-0.2, 0) is 19.2 Å². The van der Waals surface area contributed by atoms with Crippen molar-refractivity contribution in [3.63, 3.8) is 0 Å². The van der Waals surface area contributed by atoms with Crippen molar-refractivity contribution in [2.45, 2.75) is 0 Å². The number of H-pyrrole nitrogens is 1. The van der Waals surface area contributed by atoms with Gasteiger partial charge in [-0.25, -0.2) is 9.59 Å². The number of carbonyl (C=O) groups is 6. The van der Waals surface area contributed by atoms with Gasteiger partial charge in [0.2, 0.25) is 6.41 Å². The van der Waals surface area contributed by atoms with E-state index >= 15 is 0 Å². The highest BCUT2D eigenvalue weighted by Gasteiger charge is 2.29. The number of aromatic amines is 1. The zero-order valence-electron chi connectivity index (χ0n) is 13.4. The number of hydrogen-bond donors (Lipinski definition) is 5. The summed E-state index contributed by atoms with van der Waals surface area (Å²) in [5, 5.41) is 8.84. The average Bonchev–Trinajstić information content (AvgIpc) is 2.92. The van der Waals surface area contributed by atoms with Gasteiger partial charge in [0.1, 0.15) is 5.57 Å². The Kier molecular flexibility index (Phi) is 4.49. The van der Waals surface area contributed by atoms with Gasteiger partial charge in [0.05, 0.1) is 10.7 Å². The predicted molar refractivity (Wildman–Crippen MR) is 89.8 cm³/mol. The molecule has 1 aromatic carbocycles. The lowest BCUT2D eigenvalue weighted by Crippen LogP contribution is -2.52. The lowest BCUT2D eigenvalue weighted by atomic mass is 10.1. The van der Waals surface area contributed by atoms with Crippen LogP contribution in [0.2, 0.25) is 0 Å². The summed E-state index contributed by atoms with van der Waals surface area (Å²) in [5.41, 5.74) is -0.329. The Labute approximate surface area is 149 Å². The molecule has 1 fully saturated rings. The van der Waals surface area contributed by atoms with E-state index in [2.05, 4.69) is 4.98 Å². The van der Waals surface area contributed by atoms with Crippen molar-refractivity contribution in [3.8, 4) is 0 Å². The molecule has 0 aliphatic carbocycles. The first-order chi connectivity index (χ1) is 12.9. The Morgan fingerprint density at radius 1 is 0.963 bits per heavy atom. The Balaban J connectivity index is 2.18. The minimum absolute atomic E-state index is 0.101. The highest BCUT2D eigenvalue weighted by atomic mass is 16.2. The first-order valence-corrected chi connectivity index (χ1v) is 7.45. The van der Waals surface area contributed by atoms with Crippen LogP contribution in [0.4, 0.5) is 9.59 Å². The third-order valence-corrected chi connectivity index (χ3v) is 3.61. The molecule has 1 aliphatic rings. The van der Waals surface area contributed by atoms with Gasteiger partial charge in [0.25, 0.3) is 17.7 Å². The number of imide groups is 4. The number of barbiturate groups is 1. The van der Waals surface area contributed by atoms with Crippen LogP contribution in [0.3, 0.4) is 0 Å². The number of amides is 8. The number of carbonyl (C=O) groups excluding carboxylic acids is 6. The first kappa shape index (κ1) is 17.5. The van der Waals surface area contributed by atoms with Gasteiger partial charge in [-0.3, -0.25) is 40.4 Å². The van der Waals surface area contributed by atoms with Crippen molar-refractivity contribution in [1.29, 1.82) is 0 Å². The van der Waals surface area contributed by atoms with Gasteiger partial charge >= 0.3 is 12.1 Å². The standard InChI is InChI=1S/C16H11N5O6/c22-6-17-15(26)19-10(23)5-9-7-3-1-2-4-8(7)12(18-9)11-13(24)20-16(27)21-14(11)25/h1-6,18H,(H2,17,19,22,23,26)(H2,20,21,24,25,27)/b9-5-. The van der Waals surface area contributed by atoms with E-state index in [1.54, 1.807) is 29.6 Å². The molecule has 0 bridgehead atoms. The summed E-state index contributed by atoms with van der Waals surface area (Å²) < 4.78 is 0. The number of benzene rings is 1. The maximum absolute atomic E-state index is 12.1. The molecule has 11 heteroatoms. The quantitative estimate of drug-likeness (QED) is 0.365. The second-order valence-electron chi connectivity index (χ2n) is 5.30. The molecule has 136 valence electrons. The molecule has 8 amide bonds. The molecule has 1 aromatic heterocycles. The molecule has 2 heterocycles. The van der Waals surface area contributed by atoms with E-state index in [9.17, 15) is 28.8 Å². The minimum Gasteiger partial charge on any atom is -0.354 e. The molecule has 3 rings (SSSR count). The van der Waals surface area contributed by atoms with Gasteiger partial charge < -0.3 is 4.98 Å². The maximum Gasteiger partial charge on any atom is 0.328 e. The van der Waals surface area contributed by atoms with Crippen LogP contribution in [-0.4, -0.2) is 41.2 Å². The normalized spacial score (nSPS) is 14.6. The van der Waals surface area contributed by atoms with E-state index in [1.807, 2.05) is 16.0 Å². The molecule has 0 radical (unpaired) electrons. The molecule has 0 atom stereocenters. The zero-order chi connectivity index (χ0) is 19.6. The van der Waals surface area contributed by atoms with E-state index in [0.29, 0.717) is 10.8 Å². The number of fused-ring (bicyclic) bond motifs is 1. The van der Waals surface area contributed by atoms with Gasteiger partial charge in [0.15, 0.2) is 0 Å². The smallest absolute Gasteiger partial charge is 0.328 e. The molecule has 0 unspecified atom stereocenters. The Bertz CT molecular complexity index is 1120. The van der Waals surface area contributed by atoms with E-state index in [-0.39, 0.29) is 22.7 Å². The lowest BCUT2D eigenvalue weighted by molar-refractivity contribution is -0.121. The molecule has 5 N–H and O–H groups in total. The third kappa shape index (κ3) is 3.42. The van der Waals surface area contributed by atoms with Crippen LogP contribution in [0.5, 0.6) is 0 Å². The van der Waals surface area contributed by atoms with Gasteiger partial charge in [-0.05, 0) is 0 Å². The number of urea groups is 2. The van der Waals surface area contributed by atoms with E-state index in [1.165, 1.54) is 0 Å². The molecule has 11 nitrogen and oxygen atoms in total. The summed E-state index contributed by atoms with van der Waals surface area (Å²) >= 11 is 0. The Morgan fingerprint density at radius 2 is 1.59 bits per heavy atom. The minimum atomic E-state index is -1.01. The Hall–Kier alpha value is -4.28. The number of rotatable bonds is 2. The molecular weight excluding hydrogens is 358 g/mol. The van der Waals surface area contributed by atoms with E-state index < -0.39 is 29.8 Å². The van der Waals surface area contributed by atoms with E-state index in [0.717, 1.165) is 6.08 Å². The van der Waals surface area contributed by atoms with Crippen LogP contribution in [0.25, 0.3) is 22.4 Å². The molecule has 1 aliphatic heterocycles. The molecule has 2 aromatic rings. The Morgan fingerprint density at radius 3 is 2.22 bits per heavy atom. The summed E-state index contributed by atoms with van der Waals surface area (Å²) in [7, 11) is 0. The lowest BCUT2D eigenvalue weighted by Gasteiger charge is -2.13. The first-order valence-electron chi connectivity index (χ1n) is 7.45. The number of nitrogens with one attached hydrogen (secondary N) is 5. The van der Waals surface area contributed by atoms with Crippen molar-refractivity contribution in [2.75, 3.05) is 0 Å². The van der Waals surface area contributed by atoms with Crippen molar-refractivity contribution in [2.24, 2.45) is 0 Å². The highest BCUT2D eigenvalue weighted by Crippen LogP contribution is 2.07. The summed E-state index contributed by atoms with van der Waals surface area (Å²) in [6, 6.07) is 4.62. The van der Waals surface area contributed by atoms with Gasteiger partial charge in [-0.1, -0.05) is 24.3 Å². The van der Waals surface area contributed by atoms with Crippen molar-refractivity contribution in [3.05, 3.63) is 35.0 Å². The fourth-order valence-corrected chi connectivity index (χ4v) is 2.58. The van der Waals surface area contributed by atoms with Gasteiger partial charge in [-0.2, -0.15) is 0 Å². The second-order valence-corrected chi connectivity index (χ2v) is 5.30. The zero-order valence-corrected chi connectivity index (χ0v) is 13.4. The van der Waals surface area contributed by atoms with Crippen LogP contribution in [0.1, 0.15) is 0 Å². The number of aromatic nitrogens is 1. The number of hydrogen-bond acceptors (Lipinski definition) is 6. The molecule has 0 spiro atoms. The SMILES string of the molecule is O=CNC(=O)NC(=O)/C=c1\[nH]c(=C2C(=O)NC(=O)NC2=O)c2ccccc12. The van der Waals surface area contributed by atoms with Crippen LogP contribution in [0, 0.1) is 0 Å². The summed E-state index contributed by atoms with van der Waals surface area (Å²) in [6.45, 7) is 0. The predicted octanol–water partition coefficient (Wildman–Crippen LogP) is -2.55. The van der Waals surface area contributed by atoms with Crippen LogP contribution in [0.15, 0.2) is 24.3 Å². The molecule has 27 heavy (non-hydrogen) atoms. The van der Waals surface area contributed by atoms with Gasteiger partial charge in [-0.15, -0.1) is 0 Å². The molecular formula is C16H11N5O6. The molecule has 1 saturated heterocycles. The monoisotopic (exact) mass is 369 g/mol. The molecule has 0 saturated carbocycles. The van der Waals surface area contributed by atoms with Crippen LogP contribution >= 0.6 is 0 Å². The van der Waals surface area contributed by atoms with Crippen molar-refractivity contribution < 1.29 is 28.8 Å². The fourth-order valence-electron chi connectivity index (χ4n) is 2.58. The average molecular weight is 369 g/mol. The fraction of sp³-hybridized carbons (Fsp3) is 0.